The lowest BCUT2D eigenvalue weighted by atomic mass is 9.88. The number of nitrogens with one attached hydrogen (secondary N) is 3. The highest BCUT2D eigenvalue weighted by Gasteiger charge is 2.27. The van der Waals surface area contributed by atoms with Crippen LogP contribution in [0, 0.1) is 5.92 Å². The summed E-state index contributed by atoms with van der Waals surface area (Å²) >= 11 is 0. The van der Waals surface area contributed by atoms with Gasteiger partial charge in [-0.05, 0) is 18.4 Å². The van der Waals surface area contributed by atoms with Crippen LogP contribution >= 0.6 is 0 Å². The smallest absolute Gasteiger partial charge is 0.0933 e. The van der Waals surface area contributed by atoms with Gasteiger partial charge in [0.1, 0.15) is 0 Å². The summed E-state index contributed by atoms with van der Waals surface area (Å²) in [5.41, 5.74) is 5.74. The van der Waals surface area contributed by atoms with Crippen LogP contribution in [0.15, 0.2) is 42.2 Å². The molecule has 0 saturated carbocycles. The van der Waals surface area contributed by atoms with Gasteiger partial charge >= 0.3 is 0 Å². The van der Waals surface area contributed by atoms with Gasteiger partial charge in [0.25, 0.3) is 0 Å². The number of piperidine rings is 1. The zero-order valence-electron chi connectivity index (χ0n) is 11.1. The molecule has 19 heavy (non-hydrogen) atoms. The minimum atomic E-state index is 0.393. The second-order valence-electron chi connectivity index (χ2n) is 5.25. The molecule has 3 N–H and O–H groups in total. The van der Waals surface area contributed by atoms with Gasteiger partial charge in [0, 0.05) is 30.9 Å². The highest BCUT2D eigenvalue weighted by atomic mass is 16.6. The lowest BCUT2D eigenvalue weighted by Crippen LogP contribution is -2.47. The molecule has 4 heteroatoms. The van der Waals surface area contributed by atoms with Gasteiger partial charge in [0.15, 0.2) is 0 Å². The van der Waals surface area contributed by atoms with Gasteiger partial charge in [0.05, 0.1) is 12.6 Å². The summed E-state index contributed by atoms with van der Waals surface area (Å²) in [5, 5.41) is 6.76. The van der Waals surface area contributed by atoms with Gasteiger partial charge in [-0.3, -0.25) is 4.84 Å². The maximum atomic E-state index is 5.61. The molecule has 0 aliphatic carbocycles. The summed E-state index contributed by atoms with van der Waals surface area (Å²) in [6, 6.07) is 10.6. The van der Waals surface area contributed by atoms with Crippen LogP contribution < -0.4 is 16.1 Å². The van der Waals surface area contributed by atoms with Crippen molar-refractivity contribution < 1.29 is 4.84 Å². The van der Waals surface area contributed by atoms with Crippen molar-refractivity contribution in [2.45, 2.75) is 25.5 Å². The Morgan fingerprint density at radius 3 is 3.05 bits per heavy atom. The molecular weight excluding hydrogens is 238 g/mol. The predicted molar refractivity (Wildman–Crippen MR) is 75.0 cm³/mol. The average Bonchev–Trinajstić information content (AvgIpc) is 2.48. The topological polar surface area (TPSA) is 45.3 Å². The SMILES string of the molecule is C1=C2NCC(NOCc3ccccc3)CC2CCN1. The van der Waals surface area contributed by atoms with E-state index >= 15 is 0 Å². The normalized spacial score (nSPS) is 25.8. The van der Waals surface area contributed by atoms with Gasteiger partial charge in [0.2, 0.25) is 0 Å². The number of hydrogen-bond donors (Lipinski definition) is 3. The maximum Gasteiger partial charge on any atom is 0.0933 e. The van der Waals surface area contributed by atoms with E-state index in [1.165, 1.54) is 17.7 Å². The summed E-state index contributed by atoms with van der Waals surface area (Å²) in [6.45, 7) is 2.62. The molecule has 3 rings (SSSR count). The molecular formula is C15H21N3O. The number of hydroxylamine groups is 1. The third-order valence-electron chi connectivity index (χ3n) is 3.79. The number of allylic oxidation sites excluding steroid dienone is 1. The molecule has 102 valence electrons. The van der Waals surface area contributed by atoms with E-state index in [4.69, 9.17) is 4.84 Å². The van der Waals surface area contributed by atoms with E-state index in [0.717, 1.165) is 19.5 Å². The second-order valence-corrected chi connectivity index (χ2v) is 5.25. The van der Waals surface area contributed by atoms with Crippen LogP contribution in [-0.4, -0.2) is 19.1 Å². The quantitative estimate of drug-likeness (QED) is 0.717. The van der Waals surface area contributed by atoms with E-state index in [9.17, 15) is 0 Å². The molecule has 1 aromatic rings. The number of fused-ring (bicyclic) bond motifs is 1. The minimum absolute atomic E-state index is 0.393. The highest BCUT2D eigenvalue weighted by Crippen LogP contribution is 2.24. The Morgan fingerprint density at radius 2 is 2.16 bits per heavy atom. The Kier molecular flexibility index (Phi) is 4.01. The molecule has 1 fully saturated rings. The summed E-state index contributed by atoms with van der Waals surface area (Å²) in [5.74, 6) is 0.646. The van der Waals surface area contributed by atoms with Crippen LogP contribution in [0.4, 0.5) is 0 Å². The summed E-state index contributed by atoms with van der Waals surface area (Å²) in [6.07, 6.45) is 4.47. The van der Waals surface area contributed by atoms with Gasteiger partial charge < -0.3 is 10.6 Å². The third-order valence-corrected chi connectivity index (χ3v) is 3.79. The number of benzene rings is 1. The van der Waals surface area contributed by atoms with Crippen LogP contribution in [0.1, 0.15) is 18.4 Å². The number of rotatable bonds is 4. The van der Waals surface area contributed by atoms with E-state index in [0.29, 0.717) is 18.6 Å². The Hall–Kier alpha value is -1.52. The molecule has 4 nitrogen and oxygen atoms in total. The lowest BCUT2D eigenvalue weighted by Gasteiger charge is -2.35. The van der Waals surface area contributed by atoms with Crippen molar-refractivity contribution >= 4 is 0 Å². The monoisotopic (exact) mass is 259 g/mol. The first-order chi connectivity index (χ1) is 9.42. The van der Waals surface area contributed by atoms with Crippen molar-refractivity contribution in [1.29, 1.82) is 0 Å². The fourth-order valence-corrected chi connectivity index (χ4v) is 2.73. The van der Waals surface area contributed by atoms with Crippen molar-refractivity contribution in [3.63, 3.8) is 0 Å². The van der Waals surface area contributed by atoms with Crippen molar-refractivity contribution in [2.24, 2.45) is 5.92 Å². The lowest BCUT2D eigenvalue weighted by molar-refractivity contribution is -0.00433. The second kappa shape index (κ2) is 6.08. The molecule has 0 amide bonds. The van der Waals surface area contributed by atoms with Crippen molar-refractivity contribution in [1.82, 2.24) is 16.1 Å². The molecule has 2 atom stereocenters. The Labute approximate surface area is 114 Å². The first-order valence-electron chi connectivity index (χ1n) is 7.00. The van der Waals surface area contributed by atoms with Crippen LogP contribution in [0.2, 0.25) is 0 Å². The van der Waals surface area contributed by atoms with Gasteiger partial charge in [-0.2, -0.15) is 5.48 Å². The van der Waals surface area contributed by atoms with E-state index < -0.39 is 0 Å². The Morgan fingerprint density at radius 1 is 1.26 bits per heavy atom. The highest BCUT2D eigenvalue weighted by molar-refractivity contribution is 5.13. The van der Waals surface area contributed by atoms with Crippen LogP contribution in [0.25, 0.3) is 0 Å². The Bertz CT molecular complexity index is 432. The van der Waals surface area contributed by atoms with E-state index in [1.54, 1.807) is 0 Å². The molecule has 2 heterocycles. The molecule has 0 radical (unpaired) electrons. The fourth-order valence-electron chi connectivity index (χ4n) is 2.73. The zero-order chi connectivity index (χ0) is 12.9. The van der Waals surface area contributed by atoms with Crippen LogP contribution in [0.5, 0.6) is 0 Å². The first kappa shape index (κ1) is 12.5. The van der Waals surface area contributed by atoms with Crippen molar-refractivity contribution in [3.8, 4) is 0 Å². The van der Waals surface area contributed by atoms with Gasteiger partial charge in [-0.1, -0.05) is 30.3 Å². The standard InChI is InChI=1S/C15H21N3O/c1-2-4-12(5-3-1)11-19-18-14-8-13-6-7-16-10-15(13)17-9-14/h1-5,10,13-14,16-18H,6-9,11H2. The largest absolute Gasteiger partial charge is 0.389 e. The third kappa shape index (κ3) is 3.28. The fraction of sp³-hybridized carbons (Fsp3) is 0.467. The van der Waals surface area contributed by atoms with Gasteiger partial charge in [-0.25, -0.2) is 0 Å². The van der Waals surface area contributed by atoms with Gasteiger partial charge in [-0.15, -0.1) is 0 Å². The van der Waals surface area contributed by atoms with E-state index in [-0.39, 0.29) is 0 Å². The molecule has 1 aromatic carbocycles. The Balaban J connectivity index is 1.44. The summed E-state index contributed by atoms with van der Waals surface area (Å²) < 4.78 is 0. The molecule has 0 spiro atoms. The minimum Gasteiger partial charge on any atom is -0.389 e. The molecule has 2 aliphatic heterocycles. The van der Waals surface area contributed by atoms with E-state index in [2.05, 4.69) is 34.4 Å². The molecule has 2 aliphatic rings. The molecule has 0 aromatic heterocycles. The van der Waals surface area contributed by atoms with E-state index in [1.807, 2.05) is 18.2 Å². The van der Waals surface area contributed by atoms with Crippen LogP contribution in [0.3, 0.4) is 0 Å². The molecule has 2 unspecified atom stereocenters. The predicted octanol–water partition coefficient (Wildman–Crippen LogP) is 1.52. The van der Waals surface area contributed by atoms with Crippen molar-refractivity contribution in [3.05, 3.63) is 47.8 Å². The van der Waals surface area contributed by atoms with Crippen LogP contribution in [-0.2, 0) is 11.4 Å². The molecule has 0 bridgehead atoms. The number of hydrogen-bond acceptors (Lipinski definition) is 4. The average molecular weight is 259 g/mol. The maximum absolute atomic E-state index is 5.61. The summed E-state index contributed by atoms with van der Waals surface area (Å²) in [4.78, 5) is 5.61. The molecule has 1 saturated heterocycles. The zero-order valence-corrected chi connectivity index (χ0v) is 11.1. The summed E-state index contributed by atoms with van der Waals surface area (Å²) in [7, 11) is 0. The van der Waals surface area contributed by atoms with Crippen molar-refractivity contribution in [2.75, 3.05) is 13.1 Å². The first-order valence-corrected chi connectivity index (χ1v) is 7.00.